The number of ether oxygens (including phenoxy) is 1. The van der Waals surface area contributed by atoms with Crippen molar-refractivity contribution in [2.24, 2.45) is 4.99 Å². The molecule has 0 atom stereocenters. The van der Waals surface area contributed by atoms with Gasteiger partial charge in [-0.15, -0.1) is 11.8 Å². The number of amides is 1. The smallest absolute Gasteiger partial charge is 0.325 e. The van der Waals surface area contributed by atoms with E-state index in [1.807, 2.05) is 39.2 Å². The lowest BCUT2D eigenvalue weighted by Gasteiger charge is -2.09. The summed E-state index contributed by atoms with van der Waals surface area (Å²) in [4.78, 5) is 30.7. The molecular formula is C22H24N2O3S2. The maximum atomic E-state index is 12.8. The predicted octanol–water partition coefficient (Wildman–Crippen LogP) is 4.19. The van der Waals surface area contributed by atoms with Crippen molar-refractivity contribution in [1.29, 1.82) is 0 Å². The average Bonchev–Trinajstić information content (AvgIpc) is 3.00. The fourth-order valence-electron chi connectivity index (χ4n) is 3.40. The number of hydrogen-bond acceptors (Lipinski definition) is 5. The molecule has 3 aromatic rings. The normalized spacial score (nSPS) is 11.8. The molecule has 0 N–H and O–H groups in total. The third-order valence-corrected chi connectivity index (χ3v) is 6.56. The number of carbonyl (C=O) groups is 2. The molecule has 0 saturated heterocycles. The number of rotatable bonds is 5. The molecule has 3 rings (SSSR count). The topological polar surface area (TPSA) is 60.7 Å². The molecule has 0 saturated carbocycles. The highest BCUT2D eigenvalue weighted by Crippen LogP contribution is 2.24. The number of benzene rings is 2. The minimum atomic E-state index is -0.377. The fraction of sp³-hybridized carbons (Fsp3) is 0.318. The maximum Gasteiger partial charge on any atom is 0.325 e. The number of aryl methyl sites for hydroxylation is 3. The van der Waals surface area contributed by atoms with Gasteiger partial charge in [0.25, 0.3) is 5.91 Å². The van der Waals surface area contributed by atoms with Crippen LogP contribution >= 0.6 is 23.1 Å². The lowest BCUT2D eigenvalue weighted by molar-refractivity contribution is -0.141. The van der Waals surface area contributed by atoms with Crippen LogP contribution in [0.2, 0.25) is 0 Å². The Morgan fingerprint density at radius 3 is 2.45 bits per heavy atom. The number of esters is 1. The van der Waals surface area contributed by atoms with Crippen molar-refractivity contribution in [2.45, 2.75) is 38.6 Å². The van der Waals surface area contributed by atoms with Crippen molar-refractivity contribution in [3.63, 3.8) is 0 Å². The summed E-state index contributed by atoms with van der Waals surface area (Å²) in [6, 6.07) is 10.2. The second kappa shape index (κ2) is 8.97. The number of fused-ring (bicyclic) bond motifs is 1. The Hall–Kier alpha value is -2.38. The van der Waals surface area contributed by atoms with Gasteiger partial charge >= 0.3 is 5.97 Å². The summed E-state index contributed by atoms with van der Waals surface area (Å²) in [5.41, 5.74) is 5.24. The van der Waals surface area contributed by atoms with Crippen LogP contribution in [0.4, 0.5) is 0 Å². The molecule has 1 amide bonds. The zero-order valence-corrected chi connectivity index (χ0v) is 18.9. The van der Waals surface area contributed by atoms with E-state index in [-0.39, 0.29) is 24.8 Å². The Balaban J connectivity index is 2.05. The zero-order chi connectivity index (χ0) is 21.1. The Morgan fingerprint density at radius 1 is 1.14 bits per heavy atom. The maximum absolute atomic E-state index is 12.8. The van der Waals surface area contributed by atoms with Crippen molar-refractivity contribution in [3.8, 4) is 0 Å². The van der Waals surface area contributed by atoms with E-state index in [9.17, 15) is 9.59 Å². The van der Waals surface area contributed by atoms with Gasteiger partial charge in [0.05, 0.1) is 23.7 Å². The molecule has 1 heterocycles. The van der Waals surface area contributed by atoms with Gasteiger partial charge in [0.15, 0.2) is 4.80 Å². The van der Waals surface area contributed by atoms with Crippen LogP contribution in [0.25, 0.3) is 10.2 Å². The minimum absolute atomic E-state index is 0.0177. The Kier molecular flexibility index (Phi) is 6.59. The molecule has 2 aromatic carbocycles. The zero-order valence-electron chi connectivity index (χ0n) is 17.2. The van der Waals surface area contributed by atoms with Gasteiger partial charge in [-0.25, -0.2) is 0 Å². The summed E-state index contributed by atoms with van der Waals surface area (Å²) >= 11 is 3.06. The highest BCUT2D eigenvalue weighted by Gasteiger charge is 2.14. The van der Waals surface area contributed by atoms with E-state index in [0.29, 0.717) is 4.80 Å². The van der Waals surface area contributed by atoms with Crippen LogP contribution in [0.1, 0.15) is 22.3 Å². The summed E-state index contributed by atoms with van der Waals surface area (Å²) in [6.45, 7) is 6.10. The van der Waals surface area contributed by atoms with Crippen LogP contribution in [0.15, 0.2) is 40.2 Å². The summed E-state index contributed by atoms with van der Waals surface area (Å²) in [6.07, 6.45) is 2.25. The van der Waals surface area contributed by atoms with Gasteiger partial charge in [-0.1, -0.05) is 29.0 Å². The predicted molar refractivity (Wildman–Crippen MR) is 119 cm³/mol. The second-order valence-electron chi connectivity index (χ2n) is 6.94. The lowest BCUT2D eigenvalue weighted by Crippen LogP contribution is -2.22. The first-order chi connectivity index (χ1) is 13.8. The molecule has 29 heavy (non-hydrogen) atoms. The van der Waals surface area contributed by atoms with Gasteiger partial charge in [0.1, 0.15) is 6.54 Å². The van der Waals surface area contributed by atoms with Crippen LogP contribution in [0.5, 0.6) is 0 Å². The van der Waals surface area contributed by atoms with E-state index in [1.165, 1.54) is 24.0 Å². The Morgan fingerprint density at radius 2 is 1.83 bits per heavy atom. The first kappa shape index (κ1) is 21.3. The van der Waals surface area contributed by atoms with Gasteiger partial charge in [0, 0.05) is 4.90 Å². The van der Waals surface area contributed by atoms with Crippen molar-refractivity contribution in [2.75, 3.05) is 13.4 Å². The first-order valence-corrected chi connectivity index (χ1v) is 11.2. The van der Waals surface area contributed by atoms with Crippen LogP contribution in [-0.2, 0) is 27.3 Å². The van der Waals surface area contributed by atoms with E-state index >= 15 is 0 Å². The second-order valence-corrected chi connectivity index (χ2v) is 8.83. The Labute approximate surface area is 178 Å². The quantitative estimate of drug-likeness (QED) is 0.452. The highest BCUT2D eigenvalue weighted by atomic mass is 32.2. The van der Waals surface area contributed by atoms with E-state index in [4.69, 9.17) is 4.74 Å². The highest BCUT2D eigenvalue weighted by molar-refractivity contribution is 7.98. The Bertz CT molecular complexity index is 1140. The van der Waals surface area contributed by atoms with Crippen LogP contribution in [0.3, 0.4) is 0 Å². The van der Waals surface area contributed by atoms with Gasteiger partial charge in [-0.2, -0.15) is 4.99 Å². The van der Waals surface area contributed by atoms with Crippen molar-refractivity contribution in [3.05, 3.63) is 57.4 Å². The van der Waals surface area contributed by atoms with E-state index < -0.39 is 0 Å². The summed E-state index contributed by atoms with van der Waals surface area (Å²) in [5.74, 6) is -0.604. The number of thiazole rings is 1. The molecule has 0 fully saturated rings. The molecular weight excluding hydrogens is 404 g/mol. The molecule has 1 aromatic heterocycles. The molecule has 0 aliphatic rings. The molecule has 5 nitrogen and oxygen atoms in total. The molecule has 0 aliphatic carbocycles. The summed E-state index contributed by atoms with van der Waals surface area (Å²) < 4.78 is 7.56. The summed E-state index contributed by atoms with van der Waals surface area (Å²) in [7, 11) is 1.36. The lowest BCUT2D eigenvalue weighted by atomic mass is 9.97. The standard InChI is InChI=1S/C22H24N2O3S2/c1-13-8-14(2)17(15(3)9-13)11-20(25)23-22-24(12-21(26)27-4)18-7-6-16(28-5)10-19(18)29-22/h6-10H,11-12H2,1-5H3. The largest absolute Gasteiger partial charge is 0.468 e. The molecule has 0 unspecified atom stereocenters. The third kappa shape index (κ3) is 4.79. The van der Waals surface area contributed by atoms with Crippen molar-refractivity contribution >= 4 is 45.2 Å². The van der Waals surface area contributed by atoms with Crippen molar-refractivity contribution in [1.82, 2.24) is 4.57 Å². The molecule has 152 valence electrons. The first-order valence-electron chi connectivity index (χ1n) is 9.21. The fourth-order valence-corrected chi connectivity index (χ4v) is 5.00. The molecule has 7 heteroatoms. The monoisotopic (exact) mass is 428 g/mol. The number of nitrogens with zero attached hydrogens (tertiary/aromatic N) is 2. The number of methoxy groups -OCH3 is 1. The summed E-state index contributed by atoms with van der Waals surface area (Å²) in [5, 5.41) is 0. The van der Waals surface area contributed by atoms with Gasteiger partial charge < -0.3 is 9.30 Å². The number of thioether (sulfide) groups is 1. The number of carbonyl (C=O) groups excluding carboxylic acids is 2. The van der Waals surface area contributed by atoms with E-state index in [0.717, 1.165) is 31.8 Å². The van der Waals surface area contributed by atoms with Gasteiger partial charge in [-0.3, -0.25) is 9.59 Å². The number of aromatic nitrogens is 1. The van der Waals surface area contributed by atoms with Crippen LogP contribution in [-0.4, -0.2) is 29.8 Å². The SMILES string of the molecule is COC(=O)Cn1c(=NC(=O)Cc2c(C)cc(C)cc2C)sc2cc(SC)ccc21. The van der Waals surface area contributed by atoms with E-state index in [1.54, 1.807) is 16.3 Å². The average molecular weight is 429 g/mol. The van der Waals surface area contributed by atoms with Crippen LogP contribution < -0.4 is 4.80 Å². The molecule has 0 bridgehead atoms. The van der Waals surface area contributed by atoms with Crippen LogP contribution in [0, 0.1) is 20.8 Å². The van der Waals surface area contributed by atoms with E-state index in [2.05, 4.69) is 23.2 Å². The molecule has 0 aliphatic heterocycles. The molecule has 0 radical (unpaired) electrons. The number of hydrogen-bond donors (Lipinski definition) is 0. The minimum Gasteiger partial charge on any atom is -0.468 e. The molecule has 0 spiro atoms. The van der Waals surface area contributed by atoms with Gasteiger partial charge in [-0.05, 0) is 61.9 Å². The van der Waals surface area contributed by atoms with Gasteiger partial charge in [0.2, 0.25) is 0 Å². The van der Waals surface area contributed by atoms with Crippen molar-refractivity contribution < 1.29 is 14.3 Å². The third-order valence-electron chi connectivity index (χ3n) is 4.79.